The molecule has 1 fully saturated rings. The second kappa shape index (κ2) is 7.62. The number of hydrogen-bond acceptors (Lipinski definition) is 3. The van der Waals surface area contributed by atoms with Gasteiger partial charge in [0.25, 0.3) is 0 Å². The molecule has 5 heteroatoms. The van der Waals surface area contributed by atoms with E-state index in [1.54, 1.807) is 4.90 Å². The maximum absolute atomic E-state index is 12.2. The van der Waals surface area contributed by atoms with Gasteiger partial charge in [-0.2, -0.15) is 0 Å². The van der Waals surface area contributed by atoms with Crippen LogP contribution >= 0.6 is 15.9 Å². The molecule has 0 aromatic heterocycles. The molecule has 1 aliphatic rings. The Bertz CT molecular complexity index is 732. The van der Waals surface area contributed by atoms with E-state index in [2.05, 4.69) is 15.9 Å². The summed E-state index contributed by atoms with van der Waals surface area (Å²) in [6, 6.07) is 17.4. The fourth-order valence-corrected chi connectivity index (χ4v) is 3.23. The van der Waals surface area contributed by atoms with Gasteiger partial charge in [0.15, 0.2) is 0 Å². The first-order valence-corrected chi connectivity index (χ1v) is 8.64. The standard InChI is InChI=1S/C19H18BrNO3/c20-17-8-4-7-15(9-17)13-24-19(23)16-10-18(22)21(12-16)11-14-5-2-1-3-6-14/h1-9,16H,10-13H2/t16-/m0/s1. The maximum Gasteiger partial charge on any atom is 0.311 e. The fourth-order valence-electron chi connectivity index (χ4n) is 2.79. The number of likely N-dealkylation sites (tertiary alicyclic amines) is 1. The van der Waals surface area contributed by atoms with Crippen LogP contribution in [0.2, 0.25) is 0 Å². The number of benzene rings is 2. The molecule has 0 saturated carbocycles. The summed E-state index contributed by atoms with van der Waals surface area (Å²) in [6.45, 7) is 1.18. The molecule has 0 N–H and O–H groups in total. The van der Waals surface area contributed by atoms with Crippen molar-refractivity contribution in [2.75, 3.05) is 6.54 Å². The zero-order chi connectivity index (χ0) is 16.9. The molecular formula is C19H18BrNO3. The highest BCUT2D eigenvalue weighted by molar-refractivity contribution is 9.10. The fraction of sp³-hybridized carbons (Fsp3) is 0.263. The van der Waals surface area contributed by atoms with Crippen molar-refractivity contribution < 1.29 is 14.3 Å². The summed E-state index contributed by atoms with van der Waals surface area (Å²) < 4.78 is 6.32. The van der Waals surface area contributed by atoms with Crippen molar-refractivity contribution >= 4 is 27.8 Å². The van der Waals surface area contributed by atoms with Gasteiger partial charge >= 0.3 is 5.97 Å². The minimum atomic E-state index is -0.381. The molecular weight excluding hydrogens is 370 g/mol. The van der Waals surface area contributed by atoms with E-state index in [0.717, 1.165) is 15.6 Å². The lowest BCUT2D eigenvalue weighted by atomic mass is 10.1. The predicted octanol–water partition coefficient (Wildman–Crippen LogP) is 3.54. The Morgan fingerprint density at radius 2 is 1.88 bits per heavy atom. The van der Waals surface area contributed by atoms with E-state index in [9.17, 15) is 9.59 Å². The van der Waals surface area contributed by atoms with Crippen LogP contribution in [-0.2, 0) is 27.5 Å². The van der Waals surface area contributed by atoms with Crippen molar-refractivity contribution in [3.8, 4) is 0 Å². The van der Waals surface area contributed by atoms with Crippen LogP contribution in [0.1, 0.15) is 17.5 Å². The Labute approximate surface area is 149 Å². The molecule has 1 aliphatic heterocycles. The number of halogens is 1. The Morgan fingerprint density at radius 1 is 1.12 bits per heavy atom. The van der Waals surface area contributed by atoms with E-state index in [4.69, 9.17) is 4.74 Å². The molecule has 4 nitrogen and oxygen atoms in total. The number of ether oxygens (including phenoxy) is 1. The minimum absolute atomic E-state index is 0.00302. The number of hydrogen-bond donors (Lipinski definition) is 0. The number of carbonyl (C=O) groups is 2. The van der Waals surface area contributed by atoms with Crippen LogP contribution in [0.4, 0.5) is 0 Å². The van der Waals surface area contributed by atoms with E-state index < -0.39 is 0 Å². The molecule has 1 atom stereocenters. The summed E-state index contributed by atoms with van der Waals surface area (Å²) in [7, 11) is 0. The van der Waals surface area contributed by atoms with Gasteiger partial charge in [0.05, 0.1) is 5.92 Å². The Balaban J connectivity index is 1.54. The molecule has 0 spiro atoms. The first kappa shape index (κ1) is 16.7. The maximum atomic E-state index is 12.2. The zero-order valence-electron chi connectivity index (χ0n) is 13.2. The lowest BCUT2D eigenvalue weighted by molar-refractivity contribution is -0.149. The van der Waals surface area contributed by atoms with Crippen LogP contribution in [-0.4, -0.2) is 23.3 Å². The smallest absolute Gasteiger partial charge is 0.311 e. The van der Waals surface area contributed by atoms with Gasteiger partial charge in [0.1, 0.15) is 6.61 Å². The Morgan fingerprint density at radius 3 is 2.62 bits per heavy atom. The van der Waals surface area contributed by atoms with Crippen LogP contribution in [0.25, 0.3) is 0 Å². The van der Waals surface area contributed by atoms with Gasteiger partial charge in [-0.25, -0.2) is 0 Å². The topological polar surface area (TPSA) is 46.6 Å². The zero-order valence-corrected chi connectivity index (χ0v) is 14.7. The Kier molecular flexibility index (Phi) is 5.30. The summed E-state index contributed by atoms with van der Waals surface area (Å²) in [5, 5.41) is 0. The van der Waals surface area contributed by atoms with E-state index in [1.807, 2.05) is 54.6 Å². The molecule has 124 valence electrons. The SMILES string of the molecule is O=C(OCc1cccc(Br)c1)[C@H]1CC(=O)N(Cc2ccccc2)C1. The van der Waals surface area contributed by atoms with Crippen molar-refractivity contribution in [1.82, 2.24) is 4.90 Å². The molecule has 2 aromatic rings. The van der Waals surface area contributed by atoms with Crippen LogP contribution in [0, 0.1) is 5.92 Å². The van der Waals surface area contributed by atoms with E-state index in [0.29, 0.717) is 13.1 Å². The number of nitrogens with zero attached hydrogens (tertiary/aromatic N) is 1. The molecule has 0 bridgehead atoms. The van der Waals surface area contributed by atoms with Crippen molar-refractivity contribution in [2.24, 2.45) is 5.92 Å². The molecule has 0 unspecified atom stereocenters. The van der Waals surface area contributed by atoms with Gasteiger partial charge < -0.3 is 9.64 Å². The first-order valence-electron chi connectivity index (χ1n) is 7.84. The molecule has 0 aliphatic carbocycles. The quantitative estimate of drug-likeness (QED) is 0.737. The van der Waals surface area contributed by atoms with Gasteiger partial charge in [-0.15, -0.1) is 0 Å². The van der Waals surface area contributed by atoms with Crippen molar-refractivity contribution in [3.05, 3.63) is 70.2 Å². The third kappa shape index (κ3) is 4.23. The van der Waals surface area contributed by atoms with E-state index in [-0.39, 0.29) is 30.8 Å². The summed E-state index contributed by atoms with van der Waals surface area (Å²) in [5.74, 6) is -0.685. The third-order valence-electron chi connectivity index (χ3n) is 4.03. The van der Waals surface area contributed by atoms with Crippen LogP contribution in [0.5, 0.6) is 0 Å². The van der Waals surface area contributed by atoms with Crippen molar-refractivity contribution in [2.45, 2.75) is 19.6 Å². The summed E-state index contributed by atoms with van der Waals surface area (Å²) in [4.78, 5) is 26.1. The van der Waals surface area contributed by atoms with Crippen LogP contribution in [0.15, 0.2) is 59.1 Å². The second-order valence-corrected chi connectivity index (χ2v) is 6.81. The van der Waals surface area contributed by atoms with Gasteiger partial charge in [0.2, 0.25) is 5.91 Å². The van der Waals surface area contributed by atoms with E-state index >= 15 is 0 Å². The van der Waals surface area contributed by atoms with Gasteiger partial charge in [-0.05, 0) is 23.3 Å². The highest BCUT2D eigenvalue weighted by Gasteiger charge is 2.35. The normalized spacial score (nSPS) is 17.1. The average Bonchev–Trinajstić information content (AvgIpc) is 2.95. The Hall–Kier alpha value is -2.14. The van der Waals surface area contributed by atoms with Crippen LogP contribution < -0.4 is 0 Å². The first-order chi connectivity index (χ1) is 11.6. The number of carbonyl (C=O) groups excluding carboxylic acids is 2. The average molecular weight is 388 g/mol. The van der Waals surface area contributed by atoms with Crippen molar-refractivity contribution in [1.29, 1.82) is 0 Å². The molecule has 2 aromatic carbocycles. The second-order valence-electron chi connectivity index (χ2n) is 5.90. The third-order valence-corrected chi connectivity index (χ3v) is 4.53. The number of rotatable bonds is 5. The van der Waals surface area contributed by atoms with Crippen LogP contribution in [0.3, 0.4) is 0 Å². The molecule has 1 saturated heterocycles. The molecule has 0 radical (unpaired) electrons. The number of esters is 1. The predicted molar refractivity (Wildman–Crippen MR) is 93.9 cm³/mol. The minimum Gasteiger partial charge on any atom is -0.461 e. The summed E-state index contributed by atoms with van der Waals surface area (Å²) >= 11 is 3.39. The summed E-state index contributed by atoms with van der Waals surface area (Å²) in [5.41, 5.74) is 1.98. The number of amides is 1. The molecule has 1 heterocycles. The molecule has 1 amide bonds. The monoisotopic (exact) mass is 387 g/mol. The van der Waals surface area contributed by atoms with Gasteiger partial charge in [0, 0.05) is 24.0 Å². The lowest BCUT2D eigenvalue weighted by Gasteiger charge is -2.16. The van der Waals surface area contributed by atoms with Gasteiger partial charge in [-0.1, -0.05) is 58.4 Å². The molecule has 24 heavy (non-hydrogen) atoms. The summed E-state index contributed by atoms with van der Waals surface area (Å²) in [6.07, 6.45) is 0.226. The molecule has 3 rings (SSSR count). The highest BCUT2D eigenvalue weighted by atomic mass is 79.9. The lowest BCUT2D eigenvalue weighted by Crippen LogP contribution is -2.26. The highest BCUT2D eigenvalue weighted by Crippen LogP contribution is 2.22. The van der Waals surface area contributed by atoms with Crippen molar-refractivity contribution in [3.63, 3.8) is 0 Å². The van der Waals surface area contributed by atoms with Gasteiger partial charge in [-0.3, -0.25) is 9.59 Å². The van der Waals surface area contributed by atoms with E-state index in [1.165, 1.54) is 0 Å². The largest absolute Gasteiger partial charge is 0.461 e.